The van der Waals surface area contributed by atoms with Gasteiger partial charge in [0.2, 0.25) is 0 Å². The number of nitrogens with zero attached hydrogens (tertiary/aromatic N) is 1. The Morgan fingerprint density at radius 3 is 3.06 bits per heavy atom. The summed E-state index contributed by atoms with van der Waals surface area (Å²) in [5.74, 6) is 0. The van der Waals surface area contributed by atoms with Gasteiger partial charge < -0.3 is 9.88 Å². The van der Waals surface area contributed by atoms with E-state index in [0.717, 1.165) is 19.6 Å². The minimum absolute atomic E-state index is 0.956. The van der Waals surface area contributed by atoms with Crippen LogP contribution in [0.3, 0.4) is 0 Å². The summed E-state index contributed by atoms with van der Waals surface area (Å²) in [4.78, 5) is 1.37. The Morgan fingerprint density at radius 2 is 2.38 bits per heavy atom. The third-order valence-corrected chi connectivity index (χ3v) is 4.03. The van der Waals surface area contributed by atoms with E-state index in [9.17, 15) is 0 Å². The monoisotopic (exact) mass is 298 g/mol. The molecule has 4 heteroatoms. The van der Waals surface area contributed by atoms with E-state index in [0.29, 0.717) is 0 Å². The minimum atomic E-state index is 0.956. The maximum Gasteiger partial charge on any atom is 0.0564 e. The topological polar surface area (TPSA) is 17.0 Å². The Kier molecular flexibility index (Phi) is 4.21. The second kappa shape index (κ2) is 5.66. The lowest BCUT2D eigenvalue weighted by atomic mass is 10.3. The van der Waals surface area contributed by atoms with Crippen LogP contribution in [0, 0.1) is 0 Å². The molecule has 0 saturated heterocycles. The van der Waals surface area contributed by atoms with Gasteiger partial charge in [-0.25, -0.2) is 0 Å². The first-order valence-electron chi connectivity index (χ1n) is 5.36. The number of hydrogen-bond acceptors (Lipinski definition) is 2. The van der Waals surface area contributed by atoms with Crippen LogP contribution in [0.25, 0.3) is 0 Å². The summed E-state index contributed by atoms with van der Waals surface area (Å²) in [7, 11) is 0. The highest BCUT2D eigenvalue weighted by Gasteiger charge is 2.00. The van der Waals surface area contributed by atoms with Crippen molar-refractivity contribution in [3.8, 4) is 0 Å². The highest BCUT2D eigenvalue weighted by Crippen LogP contribution is 2.20. The van der Waals surface area contributed by atoms with Crippen molar-refractivity contribution in [1.82, 2.24) is 9.88 Å². The molecule has 0 unspecified atom stereocenters. The van der Waals surface area contributed by atoms with Crippen LogP contribution in [-0.2, 0) is 13.1 Å². The third-order valence-electron chi connectivity index (χ3n) is 2.35. The van der Waals surface area contributed by atoms with Crippen molar-refractivity contribution in [1.29, 1.82) is 0 Å². The largest absolute Gasteiger partial charge is 0.349 e. The fourth-order valence-electron chi connectivity index (χ4n) is 1.58. The number of rotatable bonds is 5. The Bertz CT molecular complexity index is 447. The standard InChI is InChI=1S/C12H15BrN2S/c1-2-14-6-10-3-4-15(7-10)8-12-5-11(13)9-16-12/h3-5,7,9,14H,2,6,8H2,1H3. The quantitative estimate of drug-likeness (QED) is 0.894. The zero-order valence-corrected chi connectivity index (χ0v) is 11.6. The molecule has 2 rings (SSSR count). The molecule has 2 aromatic heterocycles. The summed E-state index contributed by atoms with van der Waals surface area (Å²) in [6.07, 6.45) is 4.34. The van der Waals surface area contributed by atoms with Crippen LogP contribution in [0.2, 0.25) is 0 Å². The van der Waals surface area contributed by atoms with Crippen molar-refractivity contribution < 1.29 is 0 Å². The van der Waals surface area contributed by atoms with Crippen LogP contribution in [0.4, 0.5) is 0 Å². The number of aromatic nitrogens is 1. The lowest BCUT2D eigenvalue weighted by Gasteiger charge is -2.00. The summed E-state index contributed by atoms with van der Waals surface area (Å²) < 4.78 is 3.40. The molecule has 0 atom stereocenters. The molecule has 0 bridgehead atoms. The summed E-state index contributed by atoms with van der Waals surface area (Å²) in [6, 6.07) is 4.35. The van der Waals surface area contributed by atoms with Gasteiger partial charge in [-0.15, -0.1) is 11.3 Å². The maximum atomic E-state index is 3.48. The molecule has 0 aliphatic heterocycles. The smallest absolute Gasteiger partial charge is 0.0564 e. The molecule has 0 radical (unpaired) electrons. The first-order valence-corrected chi connectivity index (χ1v) is 7.03. The van der Waals surface area contributed by atoms with E-state index in [2.05, 4.69) is 62.6 Å². The normalized spacial score (nSPS) is 10.9. The average Bonchev–Trinajstić information content (AvgIpc) is 2.86. The predicted molar refractivity (Wildman–Crippen MR) is 72.9 cm³/mol. The van der Waals surface area contributed by atoms with Gasteiger partial charge in [-0.05, 0) is 40.2 Å². The summed E-state index contributed by atoms with van der Waals surface area (Å²) >= 11 is 5.26. The average molecular weight is 299 g/mol. The maximum absolute atomic E-state index is 3.48. The Balaban J connectivity index is 1.97. The van der Waals surface area contributed by atoms with Crippen LogP contribution in [0.1, 0.15) is 17.4 Å². The van der Waals surface area contributed by atoms with E-state index >= 15 is 0 Å². The molecule has 86 valence electrons. The summed E-state index contributed by atoms with van der Waals surface area (Å²) in [6.45, 7) is 5.06. The van der Waals surface area contributed by atoms with Crippen LogP contribution >= 0.6 is 27.3 Å². The van der Waals surface area contributed by atoms with Crippen molar-refractivity contribution in [3.63, 3.8) is 0 Å². The van der Waals surface area contributed by atoms with Gasteiger partial charge in [0.15, 0.2) is 0 Å². The molecule has 0 saturated carbocycles. The van der Waals surface area contributed by atoms with Gasteiger partial charge in [-0.3, -0.25) is 0 Å². The van der Waals surface area contributed by atoms with Gasteiger partial charge in [0.1, 0.15) is 0 Å². The van der Waals surface area contributed by atoms with Crippen LogP contribution in [0.15, 0.2) is 34.4 Å². The van der Waals surface area contributed by atoms with Crippen molar-refractivity contribution >= 4 is 27.3 Å². The van der Waals surface area contributed by atoms with Crippen LogP contribution < -0.4 is 5.32 Å². The molecule has 2 aromatic rings. The molecule has 16 heavy (non-hydrogen) atoms. The number of halogens is 1. The second-order valence-electron chi connectivity index (χ2n) is 3.70. The number of nitrogens with one attached hydrogen (secondary N) is 1. The molecular weight excluding hydrogens is 284 g/mol. The molecule has 0 fully saturated rings. The van der Waals surface area contributed by atoms with Crippen LogP contribution in [-0.4, -0.2) is 11.1 Å². The van der Waals surface area contributed by atoms with Gasteiger partial charge in [0.25, 0.3) is 0 Å². The van der Waals surface area contributed by atoms with Crippen LogP contribution in [0.5, 0.6) is 0 Å². The van der Waals surface area contributed by atoms with Crippen molar-refractivity contribution in [2.75, 3.05) is 6.54 Å². The fraction of sp³-hybridized carbons (Fsp3) is 0.333. The molecule has 0 aromatic carbocycles. The van der Waals surface area contributed by atoms with Crippen molar-refractivity contribution in [2.45, 2.75) is 20.0 Å². The molecule has 2 nitrogen and oxygen atoms in total. The van der Waals surface area contributed by atoms with Gasteiger partial charge in [0, 0.05) is 33.7 Å². The number of thiophene rings is 1. The SMILES string of the molecule is CCNCc1ccn(Cc2cc(Br)cs2)c1. The molecule has 2 heterocycles. The van der Waals surface area contributed by atoms with Gasteiger partial charge in [0.05, 0.1) is 6.54 Å². The highest BCUT2D eigenvalue weighted by molar-refractivity contribution is 9.10. The van der Waals surface area contributed by atoms with E-state index in [1.54, 1.807) is 11.3 Å². The Morgan fingerprint density at radius 1 is 1.50 bits per heavy atom. The lowest BCUT2D eigenvalue weighted by molar-refractivity contribution is 0.722. The Hall–Kier alpha value is -0.580. The van der Waals surface area contributed by atoms with Crippen molar-refractivity contribution in [2.24, 2.45) is 0 Å². The number of hydrogen-bond donors (Lipinski definition) is 1. The molecule has 0 aliphatic carbocycles. The first kappa shape index (κ1) is 11.9. The lowest BCUT2D eigenvalue weighted by Crippen LogP contribution is -2.11. The molecule has 0 spiro atoms. The van der Waals surface area contributed by atoms with Crippen molar-refractivity contribution in [3.05, 3.63) is 44.8 Å². The molecular formula is C12H15BrN2S. The minimum Gasteiger partial charge on any atom is -0.349 e. The fourth-order valence-corrected chi connectivity index (χ4v) is 3.04. The summed E-state index contributed by atoms with van der Waals surface area (Å²) in [5.41, 5.74) is 1.34. The molecule has 0 amide bonds. The van der Waals surface area contributed by atoms with E-state index in [-0.39, 0.29) is 0 Å². The van der Waals surface area contributed by atoms with Gasteiger partial charge in [-0.1, -0.05) is 6.92 Å². The zero-order chi connectivity index (χ0) is 11.4. The summed E-state index contributed by atoms with van der Waals surface area (Å²) in [5, 5.41) is 5.45. The first-order chi connectivity index (χ1) is 7.78. The predicted octanol–water partition coefficient (Wildman–Crippen LogP) is 3.47. The highest BCUT2D eigenvalue weighted by atomic mass is 79.9. The van der Waals surface area contributed by atoms with E-state index in [1.807, 2.05) is 0 Å². The van der Waals surface area contributed by atoms with E-state index in [4.69, 9.17) is 0 Å². The molecule has 1 N–H and O–H groups in total. The Labute approximate surface area is 108 Å². The van der Waals surface area contributed by atoms with E-state index in [1.165, 1.54) is 14.9 Å². The second-order valence-corrected chi connectivity index (χ2v) is 5.62. The van der Waals surface area contributed by atoms with Gasteiger partial charge in [-0.2, -0.15) is 0 Å². The zero-order valence-electron chi connectivity index (χ0n) is 9.24. The third kappa shape index (κ3) is 3.20. The van der Waals surface area contributed by atoms with E-state index < -0.39 is 0 Å². The van der Waals surface area contributed by atoms with Gasteiger partial charge >= 0.3 is 0 Å². The molecule has 0 aliphatic rings.